The van der Waals surface area contributed by atoms with Gasteiger partial charge in [0.1, 0.15) is 0 Å². The van der Waals surface area contributed by atoms with Gasteiger partial charge >= 0.3 is 0 Å². The van der Waals surface area contributed by atoms with E-state index in [0.717, 1.165) is 11.1 Å². The second-order valence-electron chi connectivity index (χ2n) is 7.93. The molecule has 0 bridgehead atoms. The van der Waals surface area contributed by atoms with Crippen LogP contribution in [-0.2, 0) is 16.0 Å². The lowest BCUT2D eigenvalue weighted by Crippen LogP contribution is -2.46. The summed E-state index contributed by atoms with van der Waals surface area (Å²) >= 11 is 6.02. The van der Waals surface area contributed by atoms with E-state index in [0.29, 0.717) is 34.0 Å². The van der Waals surface area contributed by atoms with Crippen LogP contribution in [0, 0.1) is 0 Å². The number of aryl methyl sites for hydroxylation is 1. The number of nitrogens with zero attached hydrogens (tertiary/aromatic N) is 2. The van der Waals surface area contributed by atoms with Crippen molar-refractivity contribution >= 4 is 40.7 Å². The smallest absolute Gasteiger partial charge is 0.272 e. The molecule has 0 saturated heterocycles. The molecule has 0 spiro atoms. The number of carbonyl (C=O) groups excluding carboxylic acids is 3. The zero-order valence-electron chi connectivity index (χ0n) is 18.5. The van der Waals surface area contributed by atoms with Crippen LogP contribution in [0.25, 0.3) is 0 Å². The van der Waals surface area contributed by atoms with E-state index in [4.69, 9.17) is 17.3 Å². The van der Waals surface area contributed by atoms with Crippen LogP contribution in [0.2, 0.25) is 5.02 Å². The first kappa shape index (κ1) is 23.2. The van der Waals surface area contributed by atoms with Crippen molar-refractivity contribution in [3.8, 4) is 0 Å². The quantitative estimate of drug-likeness (QED) is 0.572. The van der Waals surface area contributed by atoms with E-state index in [1.165, 1.54) is 4.90 Å². The van der Waals surface area contributed by atoms with Crippen molar-refractivity contribution in [2.75, 3.05) is 11.9 Å². The number of nitrogens with one attached hydrogen (secondary N) is 1. The monoisotopic (exact) mass is 474 g/mol. The number of rotatable bonds is 6. The summed E-state index contributed by atoms with van der Waals surface area (Å²) in [4.78, 5) is 43.6. The number of benzodiazepines with no additional fused rings is 1. The van der Waals surface area contributed by atoms with E-state index in [9.17, 15) is 14.4 Å². The maximum atomic E-state index is 13.2. The van der Waals surface area contributed by atoms with Gasteiger partial charge in [-0.25, -0.2) is 4.99 Å². The van der Waals surface area contributed by atoms with E-state index in [2.05, 4.69) is 10.3 Å². The van der Waals surface area contributed by atoms with E-state index in [1.807, 2.05) is 42.5 Å². The summed E-state index contributed by atoms with van der Waals surface area (Å²) < 4.78 is 0. The number of primary amides is 1. The molecule has 4 rings (SSSR count). The van der Waals surface area contributed by atoms with Crippen LogP contribution in [0.4, 0.5) is 5.69 Å². The van der Waals surface area contributed by atoms with Crippen molar-refractivity contribution in [1.29, 1.82) is 0 Å². The van der Waals surface area contributed by atoms with Crippen molar-refractivity contribution < 1.29 is 14.4 Å². The lowest BCUT2D eigenvalue weighted by molar-refractivity contribution is -0.127. The van der Waals surface area contributed by atoms with Gasteiger partial charge in [-0.05, 0) is 42.3 Å². The van der Waals surface area contributed by atoms with Crippen molar-refractivity contribution in [1.82, 2.24) is 5.32 Å². The molecule has 7 nitrogen and oxygen atoms in total. The van der Waals surface area contributed by atoms with Gasteiger partial charge in [0.05, 0.1) is 11.4 Å². The van der Waals surface area contributed by atoms with Crippen LogP contribution < -0.4 is 16.0 Å². The van der Waals surface area contributed by atoms with E-state index >= 15 is 0 Å². The van der Waals surface area contributed by atoms with Gasteiger partial charge in [0.25, 0.3) is 5.91 Å². The van der Waals surface area contributed by atoms with Crippen LogP contribution >= 0.6 is 11.6 Å². The van der Waals surface area contributed by atoms with Gasteiger partial charge in [-0.2, -0.15) is 0 Å². The Morgan fingerprint density at radius 1 is 1.06 bits per heavy atom. The summed E-state index contributed by atoms with van der Waals surface area (Å²) in [6.07, 6.45) is -0.442. The second kappa shape index (κ2) is 9.89. The summed E-state index contributed by atoms with van der Waals surface area (Å²) in [5.41, 5.74) is 9.28. The summed E-state index contributed by atoms with van der Waals surface area (Å²) in [7, 11) is 1.65. The Balaban J connectivity index is 1.63. The molecule has 1 aliphatic rings. The topological polar surface area (TPSA) is 105 Å². The van der Waals surface area contributed by atoms with E-state index in [1.54, 1.807) is 37.4 Å². The summed E-state index contributed by atoms with van der Waals surface area (Å²) in [5.74, 6) is -1.19. The fraction of sp³-hybridized carbons (Fsp3) is 0.154. The number of aliphatic imine (C=N–C) groups is 1. The third-order valence-electron chi connectivity index (χ3n) is 5.61. The highest BCUT2D eigenvalue weighted by Crippen LogP contribution is 2.27. The SMILES string of the molecule is CN1C(=O)C(NC(=O)CCc2cccc(Cl)c2)N=C(c2ccc(C(N)=O)cc2)c2ccccc21. The molecule has 0 radical (unpaired) electrons. The van der Waals surface area contributed by atoms with Crippen molar-refractivity contribution in [2.45, 2.75) is 19.0 Å². The van der Waals surface area contributed by atoms with Crippen LogP contribution in [0.3, 0.4) is 0 Å². The third kappa shape index (κ3) is 5.00. The molecule has 3 amide bonds. The molecule has 0 aromatic heterocycles. The molecule has 3 N–H and O–H groups in total. The molecule has 0 saturated carbocycles. The fourth-order valence-electron chi connectivity index (χ4n) is 3.81. The molecule has 0 fully saturated rings. The van der Waals surface area contributed by atoms with Gasteiger partial charge in [0.2, 0.25) is 18.0 Å². The largest absolute Gasteiger partial charge is 0.366 e. The van der Waals surface area contributed by atoms with Crippen molar-refractivity contribution in [3.05, 3.63) is 100 Å². The number of hydrogen-bond donors (Lipinski definition) is 2. The zero-order chi connectivity index (χ0) is 24.2. The average molecular weight is 475 g/mol. The molecular weight excluding hydrogens is 452 g/mol. The average Bonchev–Trinajstić information content (AvgIpc) is 2.94. The number of amides is 3. The van der Waals surface area contributed by atoms with Crippen LogP contribution in [0.15, 0.2) is 77.8 Å². The highest BCUT2D eigenvalue weighted by Gasteiger charge is 2.30. The van der Waals surface area contributed by atoms with Gasteiger partial charge in [-0.3, -0.25) is 14.4 Å². The normalized spacial score (nSPS) is 15.2. The Kier molecular flexibility index (Phi) is 6.75. The number of fused-ring (bicyclic) bond motifs is 1. The molecule has 0 aliphatic carbocycles. The maximum Gasteiger partial charge on any atom is 0.272 e. The minimum Gasteiger partial charge on any atom is -0.366 e. The van der Waals surface area contributed by atoms with E-state index in [-0.39, 0.29) is 18.2 Å². The molecule has 8 heteroatoms. The predicted octanol–water partition coefficient (Wildman–Crippen LogP) is 3.33. The van der Waals surface area contributed by atoms with Crippen LogP contribution in [0.5, 0.6) is 0 Å². The first-order valence-electron chi connectivity index (χ1n) is 10.7. The molecule has 3 aromatic carbocycles. The van der Waals surface area contributed by atoms with Crippen molar-refractivity contribution in [3.63, 3.8) is 0 Å². The summed E-state index contributed by atoms with van der Waals surface area (Å²) in [6, 6.07) is 21.4. The Morgan fingerprint density at radius 3 is 2.50 bits per heavy atom. The number of anilines is 1. The lowest BCUT2D eigenvalue weighted by Gasteiger charge is -2.20. The van der Waals surface area contributed by atoms with Crippen molar-refractivity contribution in [2.24, 2.45) is 10.7 Å². The minimum atomic E-state index is -1.10. The number of hydrogen-bond acceptors (Lipinski definition) is 4. The number of likely N-dealkylation sites (N-methyl/N-ethyl adjacent to an activating group) is 1. The molecule has 1 heterocycles. The minimum absolute atomic E-state index is 0.180. The number of halogens is 1. The van der Waals surface area contributed by atoms with Crippen LogP contribution in [-0.4, -0.2) is 36.6 Å². The highest BCUT2D eigenvalue weighted by atomic mass is 35.5. The first-order valence-corrected chi connectivity index (χ1v) is 11.1. The van der Waals surface area contributed by atoms with Gasteiger partial charge in [0, 0.05) is 35.2 Å². The Morgan fingerprint density at radius 2 is 1.79 bits per heavy atom. The Hall–Kier alpha value is -3.97. The number of carbonyl (C=O) groups is 3. The molecule has 1 atom stereocenters. The summed E-state index contributed by atoms with van der Waals surface area (Å²) in [6.45, 7) is 0. The van der Waals surface area contributed by atoms with Crippen LogP contribution in [0.1, 0.15) is 33.5 Å². The second-order valence-corrected chi connectivity index (χ2v) is 8.37. The fourth-order valence-corrected chi connectivity index (χ4v) is 4.03. The highest BCUT2D eigenvalue weighted by molar-refractivity contribution is 6.30. The molecular formula is C26H23ClN4O3. The van der Waals surface area contributed by atoms with E-state index < -0.39 is 12.1 Å². The Labute approximate surface area is 202 Å². The molecule has 3 aromatic rings. The molecule has 172 valence electrons. The third-order valence-corrected chi connectivity index (χ3v) is 5.85. The number of nitrogens with two attached hydrogens (primary N) is 1. The summed E-state index contributed by atoms with van der Waals surface area (Å²) in [5, 5.41) is 3.37. The maximum absolute atomic E-state index is 13.2. The molecule has 1 aliphatic heterocycles. The lowest BCUT2D eigenvalue weighted by atomic mass is 9.99. The first-order chi connectivity index (χ1) is 16.3. The number of benzene rings is 3. The molecule has 34 heavy (non-hydrogen) atoms. The zero-order valence-corrected chi connectivity index (χ0v) is 19.3. The number of para-hydroxylation sites is 1. The Bertz CT molecular complexity index is 1290. The van der Waals surface area contributed by atoms with Gasteiger partial charge < -0.3 is 16.0 Å². The standard InChI is InChI=1S/C26H23ClN4O3/c1-31-21-8-3-2-7-20(21)23(17-10-12-18(13-11-17)24(28)33)30-25(26(31)34)29-22(32)14-9-16-5-4-6-19(27)15-16/h2-8,10-13,15,25H,9,14H2,1H3,(H2,28,33)(H,29,32). The van der Waals surface area contributed by atoms with Gasteiger partial charge in [-0.1, -0.05) is 54.1 Å². The van der Waals surface area contributed by atoms with Gasteiger partial charge in [0.15, 0.2) is 0 Å². The van der Waals surface area contributed by atoms with Gasteiger partial charge in [-0.15, -0.1) is 0 Å². The predicted molar refractivity (Wildman–Crippen MR) is 132 cm³/mol. The molecule has 1 unspecified atom stereocenters.